The number of nitrogens with zero attached hydrogens (tertiary/aromatic N) is 4. The van der Waals surface area contributed by atoms with Gasteiger partial charge >= 0.3 is 0 Å². The minimum absolute atomic E-state index is 0.120. The third-order valence-electron chi connectivity index (χ3n) is 8.29. The number of nitrogens with one attached hydrogen (secondary N) is 1. The minimum atomic E-state index is -3.29. The second-order valence-electron chi connectivity index (χ2n) is 10.5. The fraction of sp³-hybridized carbons (Fsp3) is 0.640. The summed E-state index contributed by atoms with van der Waals surface area (Å²) in [5, 5.41) is 3.28. The van der Waals surface area contributed by atoms with Crippen LogP contribution in [0.5, 0.6) is 5.75 Å². The average molecular weight is 484 g/mol. The van der Waals surface area contributed by atoms with Crippen LogP contribution in [0.25, 0.3) is 0 Å². The molecular formula is C25H33N5O3S. The molecule has 0 spiro atoms. The van der Waals surface area contributed by atoms with Gasteiger partial charge in [-0.05, 0) is 75.1 Å². The standard InChI is InChI=1S/C25H33N5O3S/c1-34(31,32)25(6-8-26-9-7-25)23-13-19-12-21(33-22(19)16-27-23)18-4-10-30(11-5-18)24-28-14-20(15-29-24)17-2-3-17/h13-18,21,26H,2-12H2,1H3/t21-/m1/s1. The zero-order valence-corrected chi connectivity index (χ0v) is 20.6. The van der Waals surface area contributed by atoms with Gasteiger partial charge in [-0.15, -0.1) is 0 Å². The summed E-state index contributed by atoms with van der Waals surface area (Å²) in [5.41, 5.74) is 3.05. The van der Waals surface area contributed by atoms with Crippen molar-refractivity contribution >= 4 is 15.8 Å². The summed E-state index contributed by atoms with van der Waals surface area (Å²) in [5.74, 6) is 2.78. The van der Waals surface area contributed by atoms with Gasteiger partial charge in [-0.1, -0.05) is 0 Å². The Hall–Kier alpha value is -2.26. The van der Waals surface area contributed by atoms with E-state index in [-0.39, 0.29) is 6.10 Å². The Bertz CT molecular complexity index is 1150. The van der Waals surface area contributed by atoms with Crippen LogP contribution in [0.2, 0.25) is 0 Å². The first-order valence-corrected chi connectivity index (χ1v) is 14.5. The van der Waals surface area contributed by atoms with E-state index in [1.54, 1.807) is 6.20 Å². The van der Waals surface area contributed by atoms with Crippen molar-refractivity contribution in [3.05, 3.63) is 41.5 Å². The van der Waals surface area contributed by atoms with Gasteiger partial charge in [0.25, 0.3) is 0 Å². The molecule has 1 aliphatic carbocycles. The van der Waals surface area contributed by atoms with Gasteiger partial charge in [-0.25, -0.2) is 18.4 Å². The molecule has 1 saturated carbocycles. The Balaban J connectivity index is 1.12. The van der Waals surface area contributed by atoms with E-state index in [2.05, 4.69) is 25.2 Å². The Morgan fingerprint density at radius 1 is 1.03 bits per heavy atom. The second kappa shape index (κ2) is 8.45. The summed E-state index contributed by atoms with van der Waals surface area (Å²) >= 11 is 0. The molecule has 3 aliphatic heterocycles. The van der Waals surface area contributed by atoms with Crippen LogP contribution < -0.4 is 15.0 Å². The predicted octanol–water partition coefficient (Wildman–Crippen LogP) is 2.59. The molecule has 6 rings (SSSR count). The highest BCUT2D eigenvalue weighted by Gasteiger charge is 2.45. The van der Waals surface area contributed by atoms with E-state index in [1.165, 1.54) is 24.7 Å². The maximum atomic E-state index is 12.8. The first-order chi connectivity index (χ1) is 16.4. The van der Waals surface area contributed by atoms with E-state index in [9.17, 15) is 8.42 Å². The molecule has 0 unspecified atom stereocenters. The first-order valence-electron chi connectivity index (χ1n) is 12.6. The Kier molecular flexibility index (Phi) is 5.52. The van der Waals surface area contributed by atoms with E-state index >= 15 is 0 Å². The van der Waals surface area contributed by atoms with Crippen LogP contribution in [0.15, 0.2) is 24.7 Å². The second-order valence-corrected chi connectivity index (χ2v) is 12.8. The lowest BCUT2D eigenvalue weighted by molar-refractivity contribution is 0.138. The Morgan fingerprint density at radius 2 is 1.74 bits per heavy atom. The lowest BCUT2D eigenvalue weighted by Crippen LogP contribution is -2.45. The number of ether oxygens (including phenoxy) is 1. The largest absolute Gasteiger partial charge is 0.488 e. The Morgan fingerprint density at radius 3 is 2.38 bits per heavy atom. The van der Waals surface area contributed by atoms with Crippen LogP contribution in [-0.4, -0.2) is 61.9 Å². The molecule has 0 bridgehead atoms. The van der Waals surface area contributed by atoms with Gasteiger partial charge in [0.05, 0.1) is 11.9 Å². The van der Waals surface area contributed by atoms with Crippen molar-refractivity contribution in [3.8, 4) is 5.75 Å². The van der Waals surface area contributed by atoms with E-state index in [0.29, 0.717) is 43.5 Å². The lowest BCUT2D eigenvalue weighted by Gasteiger charge is -2.35. The quantitative estimate of drug-likeness (QED) is 0.693. The number of fused-ring (bicyclic) bond motifs is 1. The third-order valence-corrected chi connectivity index (χ3v) is 10.3. The number of rotatable bonds is 5. The molecule has 8 nitrogen and oxygen atoms in total. The SMILES string of the molecule is CS(=O)(=O)C1(c2cc3c(cn2)O[C@@H](C2CCN(c4ncc(C5CC5)cn4)CC2)C3)CCNCC1. The van der Waals surface area contributed by atoms with E-state index in [1.807, 2.05) is 18.5 Å². The van der Waals surface area contributed by atoms with Gasteiger partial charge < -0.3 is 15.0 Å². The van der Waals surface area contributed by atoms with Crippen LogP contribution in [0, 0.1) is 5.92 Å². The number of piperidine rings is 2. The first kappa shape index (κ1) is 22.2. The van der Waals surface area contributed by atoms with Crippen molar-refractivity contribution in [2.24, 2.45) is 5.92 Å². The molecule has 182 valence electrons. The van der Waals surface area contributed by atoms with Crippen LogP contribution in [0.4, 0.5) is 5.95 Å². The monoisotopic (exact) mass is 483 g/mol. The highest BCUT2D eigenvalue weighted by atomic mass is 32.2. The number of hydrogen-bond acceptors (Lipinski definition) is 8. The van der Waals surface area contributed by atoms with Gasteiger partial charge in [0.1, 0.15) is 16.6 Å². The average Bonchev–Trinajstić information content (AvgIpc) is 3.62. The molecule has 3 fully saturated rings. The maximum Gasteiger partial charge on any atom is 0.225 e. The summed E-state index contributed by atoms with van der Waals surface area (Å²) in [4.78, 5) is 16.1. The van der Waals surface area contributed by atoms with Crippen LogP contribution in [0.3, 0.4) is 0 Å². The molecule has 2 saturated heterocycles. The number of hydrogen-bond donors (Lipinski definition) is 1. The van der Waals surface area contributed by atoms with Gasteiger partial charge in [-0.3, -0.25) is 4.98 Å². The summed E-state index contributed by atoms with van der Waals surface area (Å²) in [6.45, 7) is 3.24. The molecule has 2 aromatic heterocycles. The zero-order chi connectivity index (χ0) is 23.3. The highest BCUT2D eigenvalue weighted by Crippen LogP contribution is 2.42. The molecule has 9 heteroatoms. The maximum absolute atomic E-state index is 12.8. The topological polar surface area (TPSA) is 97.3 Å². The van der Waals surface area contributed by atoms with Crippen molar-refractivity contribution < 1.29 is 13.2 Å². The molecule has 2 aromatic rings. The molecular weight excluding hydrogens is 450 g/mol. The van der Waals surface area contributed by atoms with Crippen molar-refractivity contribution in [2.45, 2.75) is 61.7 Å². The number of pyridine rings is 1. The lowest BCUT2D eigenvalue weighted by atomic mass is 9.88. The van der Waals surface area contributed by atoms with E-state index < -0.39 is 14.6 Å². The molecule has 4 aliphatic rings. The van der Waals surface area contributed by atoms with Gasteiger partial charge in [-0.2, -0.15) is 0 Å². The van der Waals surface area contributed by atoms with Crippen LogP contribution >= 0.6 is 0 Å². The molecule has 1 atom stereocenters. The van der Waals surface area contributed by atoms with Gasteiger partial charge in [0.15, 0.2) is 9.84 Å². The fourth-order valence-corrected chi connectivity index (χ4v) is 7.36. The smallest absolute Gasteiger partial charge is 0.225 e. The van der Waals surface area contributed by atoms with Gasteiger partial charge in [0, 0.05) is 43.7 Å². The van der Waals surface area contributed by atoms with Crippen LogP contribution in [0.1, 0.15) is 61.3 Å². The van der Waals surface area contributed by atoms with Crippen molar-refractivity contribution in [1.82, 2.24) is 20.3 Å². The molecule has 34 heavy (non-hydrogen) atoms. The fourth-order valence-electron chi connectivity index (χ4n) is 5.92. The predicted molar refractivity (Wildman–Crippen MR) is 130 cm³/mol. The highest BCUT2D eigenvalue weighted by molar-refractivity contribution is 7.91. The van der Waals surface area contributed by atoms with E-state index in [4.69, 9.17) is 4.74 Å². The zero-order valence-electron chi connectivity index (χ0n) is 19.7. The number of anilines is 1. The minimum Gasteiger partial charge on any atom is -0.488 e. The summed E-state index contributed by atoms with van der Waals surface area (Å²) in [7, 11) is -3.29. The number of aromatic nitrogens is 3. The van der Waals surface area contributed by atoms with Crippen molar-refractivity contribution in [1.29, 1.82) is 0 Å². The van der Waals surface area contributed by atoms with Crippen LogP contribution in [-0.2, 0) is 21.0 Å². The van der Waals surface area contributed by atoms with E-state index in [0.717, 1.165) is 49.6 Å². The van der Waals surface area contributed by atoms with Crippen molar-refractivity contribution in [3.63, 3.8) is 0 Å². The number of sulfone groups is 1. The normalized spacial score (nSPS) is 25.1. The molecule has 5 heterocycles. The molecule has 0 aromatic carbocycles. The molecule has 0 radical (unpaired) electrons. The third kappa shape index (κ3) is 3.96. The summed E-state index contributed by atoms with van der Waals surface area (Å²) in [6.07, 6.45) is 13.8. The molecule has 1 N–H and O–H groups in total. The van der Waals surface area contributed by atoms with Crippen molar-refractivity contribution in [2.75, 3.05) is 37.3 Å². The molecule has 0 amide bonds. The Labute approximate surface area is 201 Å². The summed E-state index contributed by atoms with van der Waals surface area (Å²) in [6, 6.07) is 2.01. The summed E-state index contributed by atoms with van der Waals surface area (Å²) < 4.78 is 31.0. The van der Waals surface area contributed by atoms with Gasteiger partial charge in [0.2, 0.25) is 5.95 Å².